The van der Waals surface area contributed by atoms with E-state index in [1.807, 2.05) is 139 Å². The zero-order chi connectivity index (χ0) is 77.2. The first-order chi connectivity index (χ1) is 47.6. The second-order valence-corrected chi connectivity index (χ2v) is 30.1. The maximum atomic E-state index is 12.4. The van der Waals surface area contributed by atoms with Crippen LogP contribution in [0.3, 0.4) is 0 Å². The zero-order valence-electron chi connectivity index (χ0n) is 61.3. The second kappa shape index (κ2) is 67.4. The third-order valence-electron chi connectivity index (χ3n) is 11.3. The van der Waals surface area contributed by atoms with E-state index in [0.717, 1.165) is 56.0 Å². The van der Waals surface area contributed by atoms with E-state index in [9.17, 15) is 41.1 Å². The molecule has 0 aromatic heterocycles. The predicted molar refractivity (Wildman–Crippen MR) is 437 cm³/mol. The number of amides is 3. The first-order valence-electron chi connectivity index (χ1n) is 31.9. The van der Waals surface area contributed by atoms with Crippen LogP contribution >= 0.6 is 136 Å². The van der Waals surface area contributed by atoms with Crippen molar-refractivity contribution in [2.24, 2.45) is 11.5 Å². The number of carbonyl (C=O) groups is 4. The van der Waals surface area contributed by atoms with Gasteiger partial charge in [-0.3, -0.25) is 26.7 Å². The van der Waals surface area contributed by atoms with Crippen molar-refractivity contribution in [2.45, 2.75) is 143 Å². The summed E-state index contributed by atoms with van der Waals surface area (Å²) < 4.78 is 78.7. The molecule has 576 valence electrons. The van der Waals surface area contributed by atoms with Crippen LogP contribution in [0.25, 0.3) is 0 Å². The summed E-state index contributed by atoms with van der Waals surface area (Å²) in [4.78, 5) is 51.0. The number of benzene rings is 6. The smallest absolute Gasteiger partial charge is 1.00 e. The van der Waals surface area contributed by atoms with E-state index in [1.54, 1.807) is 57.2 Å². The van der Waals surface area contributed by atoms with E-state index in [2.05, 4.69) is 134 Å². The van der Waals surface area contributed by atoms with Gasteiger partial charge in [-0.25, -0.2) is 19.2 Å². The van der Waals surface area contributed by atoms with E-state index in [4.69, 9.17) is 47.5 Å². The largest absolute Gasteiger partial charge is 1.00 e. The van der Waals surface area contributed by atoms with E-state index in [1.165, 1.54) is 20.9 Å². The minimum Gasteiger partial charge on any atom is -1.00 e. The Bertz CT molecular complexity index is 2990. The fourth-order valence-corrected chi connectivity index (χ4v) is 8.58. The Morgan fingerprint density at radius 1 is 0.515 bits per heavy atom. The standard InChI is InChI=1S/C15H23BFNO4.C15H21BrFNO2.C12H16BrNO2.C7H6Br2.C7H8BrN.C7H5BrO.C3H6BrF.C3H7ClFN.C3H8FN.ClH.Na.H/c1-15(2,3)22-14(19)18(10-4-9-17)11-12-5-7-13(8-6-12)16(20)21;1-15(2,3)20-14(19)18(10-4-9-17)11-12-5-7-13(16)8-6-12;1-12(2,3)16-11(15)14-8-9-4-6-10(13)7-5-9;8-5-6-1-3-7(9)4-2-6;2*8-7-3-1-6(5-9)2-4-7;4-2-1-3-5;4-6-3-1-2-5;4-2-1-3-5;;;/h5-8,20-21H,4,9-11H2,1-3H3;5-8H,4,9-11H2,1-3H3;4-7H,8H2,1-3H3,(H,14,15);1-4H,5H2;1-4H,5,9H2;1-5H;1-3H2;6H,1-3H2;1-3,5H2;1H;;/q;;;;;;;;;;+1;-1. The van der Waals surface area contributed by atoms with Crippen LogP contribution < -0.4 is 56.6 Å². The molecule has 0 saturated heterocycles. The summed E-state index contributed by atoms with van der Waals surface area (Å²) in [5.74, 6) is 0. The molecule has 0 spiro atoms. The molecule has 6 rings (SSSR count). The minimum absolute atomic E-state index is 0. The molecule has 0 fully saturated rings. The number of hydrogen-bond acceptors (Lipinski definition) is 12. The summed E-state index contributed by atoms with van der Waals surface area (Å²) in [6.45, 7) is 18.0. The summed E-state index contributed by atoms with van der Waals surface area (Å²) in [6.07, 6.45) is 1.73. The molecule has 0 radical (unpaired) electrons. The van der Waals surface area contributed by atoms with Gasteiger partial charge in [-0.1, -0.05) is 196 Å². The fourth-order valence-electron chi connectivity index (χ4n) is 6.54. The number of nitrogens with zero attached hydrogens (tertiary/aromatic N) is 2. The summed E-state index contributed by atoms with van der Waals surface area (Å²) in [6, 6.07) is 45.4. The Hall–Kier alpha value is -2.75. The summed E-state index contributed by atoms with van der Waals surface area (Å²) in [5.41, 5.74) is 15.0. The van der Waals surface area contributed by atoms with Crippen molar-refractivity contribution in [3.05, 3.63) is 201 Å². The molecule has 0 bridgehead atoms. The van der Waals surface area contributed by atoms with Gasteiger partial charge in [0.1, 0.15) is 23.1 Å². The topological polar surface area (TPSA) is 219 Å². The molecule has 103 heavy (non-hydrogen) atoms. The van der Waals surface area contributed by atoms with Crippen LogP contribution in [0.1, 0.15) is 134 Å². The van der Waals surface area contributed by atoms with Gasteiger partial charge in [0, 0.05) is 84.4 Å². The van der Waals surface area contributed by atoms with E-state index < -0.39 is 55.6 Å². The Morgan fingerprint density at radius 2 is 0.845 bits per heavy atom. The van der Waals surface area contributed by atoms with E-state index in [-0.39, 0.29) is 82.9 Å². The van der Waals surface area contributed by atoms with Crippen LogP contribution in [0.15, 0.2) is 168 Å². The molecular weight excluding hydrogens is 1850 g/mol. The first kappa shape index (κ1) is 109. The fraction of sp³-hybridized carbons (Fsp3) is 0.444. The number of aldehydes is 1. The molecule has 15 nitrogen and oxygen atoms in total. The molecule has 31 heteroatoms. The van der Waals surface area contributed by atoms with E-state index >= 15 is 0 Å². The van der Waals surface area contributed by atoms with Gasteiger partial charge in [-0.15, -0.1) is 12.4 Å². The van der Waals surface area contributed by atoms with Gasteiger partial charge in [0.15, 0.2) is 0 Å². The van der Waals surface area contributed by atoms with Gasteiger partial charge in [0.05, 0.1) is 33.4 Å². The number of alkyl halides is 7. The van der Waals surface area contributed by atoms with Gasteiger partial charge >= 0.3 is 55.0 Å². The molecule has 0 heterocycles. The Balaban J connectivity index is -0.000000271. The van der Waals surface area contributed by atoms with Crippen LogP contribution in [0.2, 0.25) is 0 Å². The predicted octanol–water partition coefficient (Wildman–Crippen LogP) is 17.7. The molecule has 0 aliphatic rings. The normalized spacial score (nSPS) is 10.1. The number of hydrogen-bond donors (Lipinski definition) is 6. The number of nitrogens with two attached hydrogens (primary N) is 2. The maximum Gasteiger partial charge on any atom is 1.00 e. The van der Waals surface area contributed by atoms with Crippen LogP contribution in [-0.2, 0) is 45.7 Å². The summed E-state index contributed by atoms with van der Waals surface area (Å²) in [5, 5.41) is 22.5. The average molecular weight is 1950 g/mol. The minimum atomic E-state index is -1.53. The van der Waals surface area contributed by atoms with Crippen molar-refractivity contribution >= 4 is 173 Å². The first-order valence-corrected chi connectivity index (χ1v) is 38.4. The van der Waals surface area contributed by atoms with Crippen LogP contribution in [0, 0.1) is 0 Å². The quantitative estimate of drug-likeness (QED) is 0.00671. The van der Waals surface area contributed by atoms with Gasteiger partial charge in [-0.2, -0.15) is 0 Å². The van der Waals surface area contributed by atoms with Crippen molar-refractivity contribution in [1.29, 1.82) is 0 Å². The van der Waals surface area contributed by atoms with Gasteiger partial charge in [0.2, 0.25) is 0 Å². The van der Waals surface area contributed by atoms with Crippen molar-refractivity contribution in [1.82, 2.24) is 20.0 Å². The van der Waals surface area contributed by atoms with Crippen molar-refractivity contribution in [2.75, 3.05) is 64.9 Å². The molecule has 0 saturated carbocycles. The number of nitrogens with one attached hydrogen (secondary N) is 2. The molecule has 6 aromatic rings. The third kappa shape index (κ3) is 67.1. The molecule has 0 aliphatic heterocycles. The Labute approximate surface area is 702 Å². The van der Waals surface area contributed by atoms with Crippen molar-refractivity contribution < 1.29 is 96.4 Å². The molecule has 3 amide bonds. The zero-order valence-corrected chi connectivity index (χ0v) is 75.0. The number of alkyl carbamates (subject to hydrolysis) is 1. The maximum absolute atomic E-state index is 12.4. The summed E-state index contributed by atoms with van der Waals surface area (Å²) in [7, 11) is -1.53. The molecule has 0 atom stereocenters. The van der Waals surface area contributed by atoms with Crippen LogP contribution in [0.5, 0.6) is 0 Å². The average Bonchev–Trinajstić information content (AvgIpc) is 0.872. The molecule has 0 unspecified atom stereocenters. The third-order valence-corrected chi connectivity index (χ3v) is 15.4. The number of rotatable bonds is 23. The number of carbonyl (C=O) groups excluding carboxylic acids is 4. The molecule has 6 aromatic carbocycles. The van der Waals surface area contributed by atoms with E-state index in [0.29, 0.717) is 76.0 Å². The Morgan fingerprint density at radius 3 is 1.11 bits per heavy atom. The van der Waals surface area contributed by atoms with Gasteiger partial charge < -0.3 is 52.3 Å². The van der Waals surface area contributed by atoms with Crippen LogP contribution in [0.4, 0.5) is 36.3 Å². The molecular formula is C72H102BBr7Cl2F5N6NaO9. The van der Waals surface area contributed by atoms with Gasteiger partial charge in [-0.05, 0) is 207 Å². The van der Waals surface area contributed by atoms with Gasteiger partial charge in [0.25, 0.3) is 0 Å². The Kier molecular flexibility index (Phi) is 71.2. The SMILES string of the molecule is BrCc1ccc(Br)cc1.CC(C)(C)OC(=O)N(CCCF)Cc1ccc(B(O)O)cc1.CC(C)(C)OC(=O)N(CCCF)Cc1ccc(Br)cc1.CC(C)(C)OC(=O)NCc1ccc(Br)cc1.Cl.FCCCBr.FCCCNCl.NCCCF.NCc1ccc(Br)cc1.O=Cc1ccc(Br)cc1.[H-].[Na+]. The number of halogens is 14. The summed E-state index contributed by atoms with van der Waals surface area (Å²) >= 11 is 28.1. The van der Waals surface area contributed by atoms with Crippen LogP contribution in [-0.4, -0.2) is 133 Å². The van der Waals surface area contributed by atoms with Crippen molar-refractivity contribution in [3.63, 3.8) is 0 Å². The number of ether oxygens (including phenoxy) is 3. The second-order valence-electron chi connectivity index (χ2n) is 23.9. The monoisotopic (exact) mass is 1950 g/mol. The molecule has 0 aliphatic carbocycles. The van der Waals surface area contributed by atoms with Crippen molar-refractivity contribution in [3.8, 4) is 0 Å². The molecule has 8 N–H and O–H groups in total.